The van der Waals surface area contributed by atoms with E-state index in [1.165, 1.54) is 0 Å². The van der Waals surface area contributed by atoms with Crippen LogP contribution in [0, 0.1) is 0 Å². The molecule has 1 N–H and O–H groups in total. The van der Waals surface area contributed by atoms with Crippen LogP contribution in [0.1, 0.15) is 18.1 Å². The van der Waals surface area contributed by atoms with Gasteiger partial charge in [0, 0.05) is 37.1 Å². The van der Waals surface area contributed by atoms with Gasteiger partial charge in [-0.15, -0.1) is 0 Å². The average molecular weight is 332 g/mol. The molecule has 3 rings (SSSR count). The molecular formula is C18H24N2O4. The summed E-state index contributed by atoms with van der Waals surface area (Å²) in [6.45, 7) is 4.58. The minimum absolute atomic E-state index is 0.258. The van der Waals surface area contributed by atoms with E-state index in [0.717, 1.165) is 36.0 Å². The van der Waals surface area contributed by atoms with Crippen molar-refractivity contribution in [1.82, 2.24) is 10.2 Å². The molecule has 2 aromatic rings. The van der Waals surface area contributed by atoms with E-state index in [9.17, 15) is 4.79 Å². The summed E-state index contributed by atoms with van der Waals surface area (Å²) in [4.78, 5) is 14.7. The molecule has 6 nitrogen and oxygen atoms in total. The molecule has 2 heterocycles. The third-order valence-corrected chi connectivity index (χ3v) is 4.71. The van der Waals surface area contributed by atoms with E-state index in [0.29, 0.717) is 29.7 Å². The molecule has 0 amide bonds. The normalized spacial score (nSPS) is 16.0. The Morgan fingerprint density at radius 3 is 2.62 bits per heavy atom. The van der Waals surface area contributed by atoms with Crippen molar-refractivity contribution in [3.05, 3.63) is 33.7 Å². The maximum Gasteiger partial charge on any atom is 0.341 e. The number of ether oxygens (including phenoxy) is 2. The van der Waals surface area contributed by atoms with Gasteiger partial charge in [0.1, 0.15) is 5.58 Å². The Kier molecular flexibility index (Phi) is 4.78. The van der Waals surface area contributed by atoms with E-state index >= 15 is 0 Å². The van der Waals surface area contributed by atoms with Crippen LogP contribution in [-0.4, -0.2) is 45.3 Å². The Labute approximate surface area is 141 Å². The second-order valence-corrected chi connectivity index (χ2v) is 6.22. The summed E-state index contributed by atoms with van der Waals surface area (Å²) >= 11 is 0. The molecule has 0 bridgehead atoms. The zero-order valence-corrected chi connectivity index (χ0v) is 14.6. The average Bonchev–Trinajstić information content (AvgIpc) is 2.60. The van der Waals surface area contributed by atoms with Gasteiger partial charge in [-0.25, -0.2) is 4.79 Å². The largest absolute Gasteiger partial charge is 0.493 e. The van der Waals surface area contributed by atoms with E-state index in [-0.39, 0.29) is 5.63 Å². The molecule has 1 aliphatic rings. The fourth-order valence-electron chi connectivity index (χ4n) is 3.28. The number of benzene rings is 1. The van der Waals surface area contributed by atoms with Gasteiger partial charge >= 0.3 is 5.63 Å². The monoisotopic (exact) mass is 332 g/mol. The molecule has 1 unspecified atom stereocenters. The number of hydrogen-bond donors (Lipinski definition) is 1. The van der Waals surface area contributed by atoms with Crippen molar-refractivity contribution < 1.29 is 13.9 Å². The van der Waals surface area contributed by atoms with E-state index in [1.54, 1.807) is 20.3 Å². The minimum atomic E-state index is -0.258. The quantitative estimate of drug-likeness (QED) is 0.842. The number of nitrogens with zero attached hydrogens (tertiary/aromatic N) is 1. The van der Waals surface area contributed by atoms with Crippen molar-refractivity contribution >= 4 is 11.0 Å². The Hall–Kier alpha value is -2.05. The summed E-state index contributed by atoms with van der Waals surface area (Å²) in [5.41, 5.74) is 2.11. The first-order chi connectivity index (χ1) is 11.6. The topological polar surface area (TPSA) is 63.9 Å². The zero-order valence-electron chi connectivity index (χ0n) is 14.6. The van der Waals surface area contributed by atoms with Crippen molar-refractivity contribution in [2.45, 2.75) is 25.9 Å². The summed E-state index contributed by atoms with van der Waals surface area (Å²) in [6, 6.07) is 4.01. The van der Waals surface area contributed by atoms with Crippen LogP contribution in [0.25, 0.3) is 11.0 Å². The van der Waals surface area contributed by atoms with E-state index in [4.69, 9.17) is 13.9 Å². The van der Waals surface area contributed by atoms with Crippen molar-refractivity contribution in [2.75, 3.05) is 34.4 Å². The summed E-state index contributed by atoms with van der Waals surface area (Å²) in [5.74, 6) is 1.21. The van der Waals surface area contributed by atoms with Crippen molar-refractivity contribution in [3.8, 4) is 11.5 Å². The Morgan fingerprint density at radius 1 is 1.25 bits per heavy atom. The Bertz CT molecular complexity index is 800. The first kappa shape index (κ1) is 16.8. The molecule has 1 aromatic heterocycles. The van der Waals surface area contributed by atoms with Gasteiger partial charge in [-0.1, -0.05) is 0 Å². The molecule has 0 saturated heterocycles. The molecule has 130 valence electrons. The molecule has 6 heteroatoms. The number of hydrogen-bond acceptors (Lipinski definition) is 6. The van der Waals surface area contributed by atoms with Crippen LogP contribution in [-0.2, 0) is 13.0 Å². The van der Waals surface area contributed by atoms with Crippen LogP contribution in [0.15, 0.2) is 21.3 Å². The van der Waals surface area contributed by atoms with Crippen LogP contribution in [0.3, 0.4) is 0 Å². The molecule has 0 radical (unpaired) electrons. The predicted octanol–water partition coefficient (Wildman–Crippen LogP) is 1.78. The molecule has 24 heavy (non-hydrogen) atoms. The van der Waals surface area contributed by atoms with Gasteiger partial charge < -0.3 is 19.2 Å². The maximum absolute atomic E-state index is 12.5. The smallest absolute Gasteiger partial charge is 0.341 e. The number of nitrogens with one attached hydrogen (secondary N) is 1. The van der Waals surface area contributed by atoms with Gasteiger partial charge in [0.15, 0.2) is 11.5 Å². The van der Waals surface area contributed by atoms with Crippen LogP contribution in [0.4, 0.5) is 0 Å². The lowest BCUT2D eigenvalue weighted by Gasteiger charge is -2.30. The molecule has 0 aliphatic carbocycles. The van der Waals surface area contributed by atoms with Gasteiger partial charge in [0.25, 0.3) is 0 Å². The number of methoxy groups -OCH3 is 2. The standard InChI is InChI=1S/C18H24N2O4/c1-11(19-2)9-20-6-5-12-13-7-16(22-3)17(23-4)8-15(13)24-18(21)14(12)10-20/h7-8,11,19H,5-6,9-10H2,1-4H3. The summed E-state index contributed by atoms with van der Waals surface area (Å²) in [7, 11) is 5.13. The van der Waals surface area contributed by atoms with Crippen LogP contribution in [0.2, 0.25) is 0 Å². The van der Waals surface area contributed by atoms with Crippen LogP contribution >= 0.6 is 0 Å². The van der Waals surface area contributed by atoms with E-state index in [2.05, 4.69) is 17.1 Å². The second kappa shape index (κ2) is 6.83. The maximum atomic E-state index is 12.5. The lowest BCUT2D eigenvalue weighted by atomic mass is 9.97. The number of fused-ring (bicyclic) bond motifs is 3. The highest BCUT2D eigenvalue weighted by Crippen LogP contribution is 2.35. The lowest BCUT2D eigenvalue weighted by molar-refractivity contribution is 0.229. The van der Waals surface area contributed by atoms with Gasteiger partial charge in [-0.3, -0.25) is 4.90 Å². The highest BCUT2D eigenvalue weighted by atomic mass is 16.5. The highest BCUT2D eigenvalue weighted by Gasteiger charge is 2.24. The van der Waals surface area contributed by atoms with Crippen LogP contribution in [0.5, 0.6) is 11.5 Å². The fourth-order valence-corrected chi connectivity index (χ4v) is 3.28. The van der Waals surface area contributed by atoms with Gasteiger partial charge in [0.05, 0.1) is 19.8 Å². The van der Waals surface area contributed by atoms with Crippen LogP contribution < -0.4 is 20.4 Å². The van der Waals surface area contributed by atoms with Gasteiger partial charge in [-0.05, 0) is 32.0 Å². The number of likely N-dealkylation sites (N-methyl/N-ethyl adjacent to an activating group) is 1. The fraction of sp³-hybridized carbons (Fsp3) is 0.500. The Morgan fingerprint density at radius 2 is 1.96 bits per heavy atom. The summed E-state index contributed by atoms with van der Waals surface area (Å²) in [6.07, 6.45) is 0.823. The van der Waals surface area contributed by atoms with Crippen molar-refractivity contribution in [1.29, 1.82) is 0 Å². The Balaban J connectivity index is 2.05. The highest BCUT2D eigenvalue weighted by molar-refractivity contribution is 5.85. The van der Waals surface area contributed by atoms with Gasteiger partial charge in [0.2, 0.25) is 0 Å². The van der Waals surface area contributed by atoms with Crippen molar-refractivity contribution in [2.24, 2.45) is 0 Å². The molecule has 0 fully saturated rings. The minimum Gasteiger partial charge on any atom is -0.493 e. The molecule has 0 spiro atoms. The van der Waals surface area contributed by atoms with E-state index in [1.807, 2.05) is 13.1 Å². The third kappa shape index (κ3) is 2.99. The molecule has 1 atom stereocenters. The first-order valence-electron chi connectivity index (χ1n) is 8.17. The lowest BCUT2D eigenvalue weighted by Crippen LogP contribution is -2.41. The SMILES string of the molecule is CNC(C)CN1CCc2c(c(=O)oc3cc(OC)c(OC)cc23)C1. The molecular weight excluding hydrogens is 308 g/mol. The second-order valence-electron chi connectivity index (χ2n) is 6.22. The number of rotatable bonds is 5. The third-order valence-electron chi connectivity index (χ3n) is 4.71. The molecule has 1 aromatic carbocycles. The first-order valence-corrected chi connectivity index (χ1v) is 8.17. The molecule has 0 saturated carbocycles. The predicted molar refractivity (Wildman–Crippen MR) is 93.1 cm³/mol. The van der Waals surface area contributed by atoms with E-state index < -0.39 is 0 Å². The summed E-state index contributed by atoms with van der Waals surface area (Å²) < 4.78 is 16.2. The van der Waals surface area contributed by atoms with Gasteiger partial charge in [-0.2, -0.15) is 0 Å². The van der Waals surface area contributed by atoms with Crippen molar-refractivity contribution in [3.63, 3.8) is 0 Å². The molecule has 1 aliphatic heterocycles. The zero-order chi connectivity index (χ0) is 17.3. The summed E-state index contributed by atoms with van der Waals surface area (Å²) in [5, 5.41) is 4.17.